The van der Waals surface area contributed by atoms with E-state index in [9.17, 15) is 0 Å². The highest BCUT2D eigenvalue weighted by Gasteiger charge is 2.09. The standard InChI is InChI=1S/C15H19BrN2O2/c1-3-7-17-9-12-5-4-6-14(16)15(12)19-10-13-8-11(2)20-18-13/h4-6,8,17H,3,7,9-10H2,1-2H3. The molecule has 2 rings (SSSR count). The minimum atomic E-state index is 0.404. The van der Waals surface area contributed by atoms with Crippen molar-refractivity contribution in [2.45, 2.75) is 33.4 Å². The molecule has 0 atom stereocenters. The highest BCUT2D eigenvalue weighted by molar-refractivity contribution is 9.10. The number of halogens is 1. The van der Waals surface area contributed by atoms with Crippen LogP contribution in [0, 0.1) is 6.92 Å². The summed E-state index contributed by atoms with van der Waals surface area (Å²) in [6.45, 7) is 6.21. The lowest BCUT2D eigenvalue weighted by Gasteiger charge is -2.13. The predicted molar refractivity (Wildman–Crippen MR) is 81.7 cm³/mol. The zero-order valence-electron chi connectivity index (χ0n) is 11.8. The van der Waals surface area contributed by atoms with Crippen molar-refractivity contribution >= 4 is 15.9 Å². The van der Waals surface area contributed by atoms with Crippen LogP contribution in [0.3, 0.4) is 0 Å². The van der Waals surface area contributed by atoms with Gasteiger partial charge in [0.05, 0.1) is 4.47 Å². The predicted octanol–water partition coefficient (Wildman–Crippen LogP) is 3.82. The van der Waals surface area contributed by atoms with Crippen LogP contribution in [0.5, 0.6) is 5.75 Å². The third kappa shape index (κ3) is 4.08. The Morgan fingerprint density at radius 2 is 2.25 bits per heavy atom. The normalized spacial score (nSPS) is 10.8. The van der Waals surface area contributed by atoms with Crippen molar-refractivity contribution in [1.29, 1.82) is 0 Å². The molecule has 1 aromatic carbocycles. The SMILES string of the molecule is CCCNCc1cccc(Br)c1OCc1cc(C)on1. The first-order valence-corrected chi connectivity index (χ1v) is 7.53. The molecule has 1 aromatic heterocycles. The molecule has 0 aliphatic heterocycles. The first-order valence-electron chi connectivity index (χ1n) is 6.73. The molecule has 0 saturated carbocycles. The summed E-state index contributed by atoms with van der Waals surface area (Å²) in [6, 6.07) is 7.94. The molecule has 1 N–H and O–H groups in total. The van der Waals surface area contributed by atoms with E-state index in [1.54, 1.807) is 0 Å². The van der Waals surface area contributed by atoms with Crippen molar-refractivity contribution in [3.63, 3.8) is 0 Å². The Balaban J connectivity index is 2.04. The maximum atomic E-state index is 5.89. The van der Waals surface area contributed by atoms with E-state index in [2.05, 4.69) is 39.4 Å². The highest BCUT2D eigenvalue weighted by atomic mass is 79.9. The molecule has 20 heavy (non-hydrogen) atoms. The Hall–Kier alpha value is -1.33. The summed E-state index contributed by atoms with van der Waals surface area (Å²) in [5.41, 5.74) is 1.93. The monoisotopic (exact) mass is 338 g/mol. The minimum absolute atomic E-state index is 0.404. The van der Waals surface area contributed by atoms with E-state index in [0.717, 1.165) is 46.8 Å². The molecule has 0 aliphatic carbocycles. The number of para-hydroxylation sites is 1. The van der Waals surface area contributed by atoms with E-state index in [1.165, 1.54) is 0 Å². The Morgan fingerprint density at radius 3 is 2.95 bits per heavy atom. The Kier molecular flexibility index (Phi) is 5.61. The molecule has 0 amide bonds. The van der Waals surface area contributed by atoms with E-state index < -0.39 is 0 Å². The summed E-state index contributed by atoms with van der Waals surface area (Å²) in [7, 11) is 0. The molecule has 5 heteroatoms. The van der Waals surface area contributed by atoms with Crippen LogP contribution in [0.15, 0.2) is 33.3 Å². The summed E-state index contributed by atoms with van der Waals surface area (Å²) in [5.74, 6) is 1.65. The number of aromatic nitrogens is 1. The van der Waals surface area contributed by atoms with Crippen LogP contribution in [0.25, 0.3) is 0 Å². The van der Waals surface area contributed by atoms with Crippen LogP contribution >= 0.6 is 15.9 Å². The van der Waals surface area contributed by atoms with Crippen molar-refractivity contribution in [2.75, 3.05) is 6.54 Å². The second-order valence-corrected chi connectivity index (χ2v) is 5.48. The van der Waals surface area contributed by atoms with E-state index >= 15 is 0 Å². The fourth-order valence-electron chi connectivity index (χ4n) is 1.89. The number of benzene rings is 1. The van der Waals surface area contributed by atoms with Crippen molar-refractivity contribution < 1.29 is 9.26 Å². The molecule has 0 fully saturated rings. The Morgan fingerprint density at radius 1 is 1.40 bits per heavy atom. The Labute approximate surface area is 127 Å². The van der Waals surface area contributed by atoms with Gasteiger partial charge in [0.15, 0.2) is 0 Å². The smallest absolute Gasteiger partial charge is 0.138 e. The third-order valence-corrected chi connectivity index (χ3v) is 3.46. The molecular weight excluding hydrogens is 320 g/mol. The number of aryl methyl sites for hydroxylation is 1. The van der Waals surface area contributed by atoms with Gasteiger partial charge in [-0.15, -0.1) is 0 Å². The zero-order chi connectivity index (χ0) is 14.4. The first kappa shape index (κ1) is 15.1. The molecule has 0 saturated heterocycles. The van der Waals surface area contributed by atoms with Gasteiger partial charge in [-0.05, 0) is 41.9 Å². The molecule has 2 aromatic rings. The second kappa shape index (κ2) is 7.45. The highest BCUT2D eigenvalue weighted by Crippen LogP contribution is 2.29. The fraction of sp³-hybridized carbons (Fsp3) is 0.400. The van der Waals surface area contributed by atoms with Crippen LogP contribution < -0.4 is 10.1 Å². The van der Waals surface area contributed by atoms with Crippen LogP contribution in [0.4, 0.5) is 0 Å². The van der Waals surface area contributed by atoms with Gasteiger partial charge in [-0.25, -0.2) is 0 Å². The molecular formula is C15H19BrN2O2. The number of hydrogen-bond donors (Lipinski definition) is 1. The molecule has 0 radical (unpaired) electrons. The minimum Gasteiger partial charge on any atom is -0.486 e. The molecule has 0 spiro atoms. The van der Waals surface area contributed by atoms with Crippen molar-refractivity contribution in [2.24, 2.45) is 0 Å². The fourth-order valence-corrected chi connectivity index (χ4v) is 2.41. The lowest BCUT2D eigenvalue weighted by atomic mass is 10.2. The lowest BCUT2D eigenvalue weighted by molar-refractivity contribution is 0.283. The largest absolute Gasteiger partial charge is 0.486 e. The van der Waals surface area contributed by atoms with Crippen LogP contribution in [0.2, 0.25) is 0 Å². The van der Waals surface area contributed by atoms with Gasteiger partial charge < -0.3 is 14.6 Å². The number of ether oxygens (including phenoxy) is 1. The number of nitrogens with one attached hydrogen (secondary N) is 1. The van der Waals surface area contributed by atoms with Gasteiger partial charge in [-0.2, -0.15) is 0 Å². The van der Waals surface area contributed by atoms with Gasteiger partial charge in [0.25, 0.3) is 0 Å². The van der Waals surface area contributed by atoms with Gasteiger partial charge in [-0.3, -0.25) is 0 Å². The van der Waals surface area contributed by atoms with Gasteiger partial charge in [0.1, 0.15) is 23.8 Å². The van der Waals surface area contributed by atoms with E-state index in [-0.39, 0.29) is 0 Å². The van der Waals surface area contributed by atoms with Gasteiger partial charge in [0.2, 0.25) is 0 Å². The summed E-state index contributed by atoms with van der Waals surface area (Å²) < 4.78 is 11.9. The van der Waals surface area contributed by atoms with Gasteiger partial charge >= 0.3 is 0 Å². The number of hydrogen-bond acceptors (Lipinski definition) is 4. The van der Waals surface area contributed by atoms with E-state index in [1.807, 2.05) is 25.1 Å². The Bertz CT molecular complexity index is 555. The van der Waals surface area contributed by atoms with Crippen LogP contribution in [-0.2, 0) is 13.2 Å². The molecule has 108 valence electrons. The molecule has 0 aliphatic rings. The lowest BCUT2D eigenvalue weighted by Crippen LogP contribution is -2.14. The average molecular weight is 339 g/mol. The molecule has 0 bridgehead atoms. The number of nitrogens with zero attached hydrogens (tertiary/aromatic N) is 1. The van der Waals surface area contributed by atoms with E-state index in [0.29, 0.717) is 6.61 Å². The van der Waals surface area contributed by atoms with E-state index in [4.69, 9.17) is 9.26 Å². The second-order valence-electron chi connectivity index (χ2n) is 4.62. The summed E-state index contributed by atoms with van der Waals surface area (Å²) in [4.78, 5) is 0. The van der Waals surface area contributed by atoms with Gasteiger partial charge in [0, 0.05) is 18.2 Å². The summed E-state index contributed by atoms with van der Waals surface area (Å²) in [5, 5.41) is 7.32. The maximum absolute atomic E-state index is 5.89. The maximum Gasteiger partial charge on any atom is 0.138 e. The van der Waals surface area contributed by atoms with Crippen molar-refractivity contribution in [3.8, 4) is 5.75 Å². The van der Waals surface area contributed by atoms with Crippen LogP contribution in [0.1, 0.15) is 30.4 Å². The summed E-state index contributed by atoms with van der Waals surface area (Å²) >= 11 is 3.54. The zero-order valence-corrected chi connectivity index (χ0v) is 13.4. The van der Waals surface area contributed by atoms with Gasteiger partial charge in [-0.1, -0.05) is 24.2 Å². The number of rotatable bonds is 7. The van der Waals surface area contributed by atoms with Crippen LogP contribution in [-0.4, -0.2) is 11.7 Å². The van der Waals surface area contributed by atoms with Crippen molar-refractivity contribution in [1.82, 2.24) is 10.5 Å². The quantitative estimate of drug-likeness (QED) is 0.779. The van der Waals surface area contributed by atoms with Crippen molar-refractivity contribution in [3.05, 3.63) is 45.8 Å². The summed E-state index contributed by atoms with van der Waals surface area (Å²) in [6.07, 6.45) is 1.11. The molecule has 0 unspecified atom stereocenters. The first-order chi connectivity index (χ1) is 9.70. The average Bonchev–Trinajstić information content (AvgIpc) is 2.84. The molecule has 4 nitrogen and oxygen atoms in total. The topological polar surface area (TPSA) is 47.3 Å². The third-order valence-electron chi connectivity index (χ3n) is 2.83. The molecule has 1 heterocycles.